The van der Waals surface area contributed by atoms with Gasteiger partial charge >= 0.3 is 0 Å². The lowest BCUT2D eigenvalue weighted by Crippen LogP contribution is -2.34. The first-order chi connectivity index (χ1) is 10.1. The molecule has 0 heterocycles. The van der Waals surface area contributed by atoms with E-state index in [2.05, 4.69) is 50.4 Å². The normalized spacial score (nSPS) is 22.1. The Kier molecular flexibility index (Phi) is 5.83. The van der Waals surface area contributed by atoms with Crippen LogP contribution < -0.4 is 5.32 Å². The second kappa shape index (κ2) is 7.42. The first kappa shape index (κ1) is 16.5. The van der Waals surface area contributed by atoms with Crippen molar-refractivity contribution in [1.29, 1.82) is 0 Å². The number of aryl methyl sites for hydroxylation is 1. The van der Waals surface area contributed by atoms with E-state index in [9.17, 15) is 0 Å². The summed E-state index contributed by atoms with van der Waals surface area (Å²) in [5.74, 6) is 0.723. The minimum Gasteiger partial charge on any atom is -0.379 e. The molecule has 21 heavy (non-hydrogen) atoms. The Morgan fingerprint density at radius 3 is 2.76 bits per heavy atom. The van der Waals surface area contributed by atoms with Gasteiger partial charge in [0.1, 0.15) is 0 Å². The molecule has 2 heteroatoms. The van der Waals surface area contributed by atoms with Crippen LogP contribution in [0.1, 0.15) is 63.6 Å². The Hall–Kier alpha value is -0.860. The van der Waals surface area contributed by atoms with Crippen molar-refractivity contribution in [3.63, 3.8) is 0 Å². The summed E-state index contributed by atoms with van der Waals surface area (Å²) in [7, 11) is 1.82. The van der Waals surface area contributed by atoms with Crippen LogP contribution in [0.15, 0.2) is 24.3 Å². The third-order valence-electron chi connectivity index (χ3n) is 4.93. The lowest BCUT2D eigenvalue weighted by Gasteiger charge is -2.36. The topological polar surface area (TPSA) is 21.3 Å². The van der Waals surface area contributed by atoms with Crippen LogP contribution in [0.5, 0.6) is 0 Å². The summed E-state index contributed by atoms with van der Waals surface area (Å²) in [6.45, 7) is 7.73. The molecule has 2 rings (SSSR count). The number of ether oxygens (including phenoxy) is 1. The number of methoxy groups -OCH3 is 1. The summed E-state index contributed by atoms with van der Waals surface area (Å²) in [6, 6.07) is 9.48. The molecule has 0 bridgehead atoms. The molecule has 0 fully saturated rings. The predicted octanol–water partition coefficient (Wildman–Crippen LogP) is 4.49. The van der Waals surface area contributed by atoms with Crippen LogP contribution in [-0.2, 0) is 11.2 Å². The SMILES string of the molecule is CCCNC1c2ccccc2CCC1CCC(C)(C)OC. The average Bonchev–Trinajstić information content (AvgIpc) is 2.51. The molecule has 1 aliphatic carbocycles. The van der Waals surface area contributed by atoms with Gasteiger partial charge in [0, 0.05) is 13.2 Å². The fourth-order valence-electron chi connectivity index (χ4n) is 3.35. The monoisotopic (exact) mass is 289 g/mol. The lowest BCUT2D eigenvalue weighted by molar-refractivity contribution is 0.00833. The largest absolute Gasteiger partial charge is 0.379 e. The van der Waals surface area contributed by atoms with Crippen molar-refractivity contribution in [2.45, 2.75) is 64.5 Å². The second-order valence-corrected chi connectivity index (χ2v) is 6.93. The van der Waals surface area contributed by atoms with Gasteiger partial charge in [0.25, 0.3) is 0 Å². The number of hydrogen-bond donors (Lipinski definition) is 1. The smallest absolute Gasteiger partial charge is 0.0622 e. The van der Waals surface area contributed by atoms with Crippen molar-refractivity contribution in [3.8, 4) is 0 Å². The van der Waals surface area contributed by atoms with Gasteiger partial charge in [0.05, 0.1) is 5.60 Å². The number of hydrogen-bond acceptors (Lipinski definition) is 2. The predicted molar refractivity (Wildman–Crippen MR) is 89.6 cm³/mol. The van der Waals surface area contributed by atoms with E-state index in [1.165, 1.54) is 36.8 Å². The van der Waals surface area contributed by atoms with E-state index in [0.29, 0.717) is 6.04 Å². The fraction of sp³-hybridized carbons (Fsp3) is 0.684. The minimum absolute atomic E-state index is 0.00767. The fourth-order valence-corrected chi connectivity index (χ4v) is 3.35. The van der Waals surface area contributed by atoms with Gasteiger partial charge in [-0.25, -0.2) is 0 Å². The summed E-state index contributed by atoms with van der Waals surface area (Å²) in [5, 5.41) is 3.79. The number of nitrogens with one attached hydrogen (secondary N) is 1. The van der Waals surface area contributed by atoms with Gasteiger partial charge in [-0.1, -0.05) is 31.2 Å². The molecule has 0 saturated carbocycles. The molecule has 0 aromatic heterocycles. The number of fused-ring (bicyclic) bond motifs is 1. The average molecular weight is 289 g/mol. The standard InChI is InChI=1S/C19H31NO/c1-5-14-20-18-16(12-13-19(2,3)21-4)11-10-15-8-6-7-9-17(15)18/h6-9,16,18,20H,5,10-14H2,1-4H3. The maximum Gasteiger partial charge on any atom is 0.0622 e. The summed E-state index contributed by atoms with van der Waals surface area (Å²) in [4.78, 5) is 0. The van der Waals surface area contributed by atoms with Gasteiger partial charge in [0.15, 0.2) is 0 Å². The van der Waals surface area contributed by atoms with Crippen molar-refractivity contribution in [2.24, 2.45) is 5.92 Å². The Bertz CT molecular complexity index is 441. The van der Waals surface area contributed by atoms with E-state index in [1.54, 1.807) is 0 Å². The van der Waals surface area contributed by atoms with Crippen LogP contribution in [0.3, 0.4) is 0 Å². The van der Waals surface area contributed by atoms with Gasteiger partial charge in [0.2, 0.25) is 0 Å². The van der Waals surface area contributed by atoms with Crippen molar-refractivity contribution >= 4 is 0 Å². The molecule has 0 saturated heterocycles. The molecule has 2 unspecified atom stereocenters. The minimum atomic E-state index is -0.00767. The zero-order chi connectivity index (χ0) is 15.3. The molecule has 1 N–H and O–H groups in total. The quantitative estimate of drug-likeness (QED) is 0.798. The third-order valence-corrected chi connectivity index (χ3v) is 4.93. The molecule has 118 valence electrons. The molecular weight excluding hydrogens is 258 g/mol. The van der Waals surface area contributed by atoms with Crippen LogP contribution in [0.2, 0.25) is 0 Å². The molecule has 0 spiro atoms. The maximum atomic E-state index is 5.59. The zero-order valence-corrected chi connectivity index (χ0v) is 14.1. The lowest BCUT2D eigenvalue weighted by atomic mass is 9.76. The molecule has 1 aromatic carbocycles. The summed E-state index contributed by atoms with van der Waals surface area (Å²) >= 11 is 0. The molecule has 2 atom stereocenters. The second-order valence-electron chi connectivity index (χ2n) is 6.93. The molecule has 0 radical (unpaired) electrons. The highest BCUT2D eigenvalue weighted by Gasteiger charge is 2.30. The highest BCUT2D eigenvalue weighted by atomic mass is 16.5. The van der Waals surface area contributed by atoms with Crippen LogP contribution in [-0.4, -0.2) is 19.3 Å². The Morgan fingerprint density at radius 1 is 1.29 bits per heavy atom. The summed E-state index contributed by atoms with van der Waals surface area (Å²) in [6.07, 6.45) is 6.06. The third kappa shape index (κ3) is 4.31. The van der Waals surface area contributed by atoms with Crippen molar-refractivity contribution < 1.29 is 4.74 Å². The van der Waals surface area contributed by atoms with Gasteiger partial charge in [-0.05, 0) is 69.5 Å². The van der Waals surface area contributed by atoms with Crippen LogP contribution >= 0.6 is 0 Å². The molecule has 0 amide bonds. The van der Waals surface area contributed by atoms with Crippen molar-refractivity contribution in [1.82, 2.24) is 5.32 Å². The van der Waals surface area contributed by atoms with E-state index < -0.39 is 0 Å². The molecule has 2 nitrogen and oxygen atoms in total. The van der Waals surface area contributed by atoms with E-state index in [4.69, 9.17) is 4.74 Å². The number of rotatable bonds is 7. The van der Waals surface area contributed by atoms with Crippen LogP contribution in [0.25, 0.3) is 0 Å². The Morgan fingerprint density at radius 2 is 2.05 bits per heavy atom. The maximum absolute atomic E-state index is 5.59. The van der Waals surface area contributed by atoms with Gasteiger partial charge in [-0.15, -0.1) is 0 Å². The summed E-state index contributed by atoms with van der Waals surface area (Å²) < 4.78 is 5.59. The first-order valence-electron chi connectivity index (χ1n) is 8.43. The number of benzene rings is 1. The zero-order valence-electron chi connectivity index (χ0n) is 14.1. The van der Waals surface area contributed by atoms with Crippen molar-refractivity contribution in [3.05, 3.63) is 35.4 Å². The molecule has 1 aliphatic rings. The molecule has 1 aromatic rings. The first-order valence-corrected chi connectivity index (χ1v) is 8.43. The molecular formula is C19H31NO. The highest BCUT2D eigenvalue weighted by molar-refractivity contribution is 5.33. The Labute approximate surface area is 130 Å². The summed E-state index contributed by atoms with van der Waals surface area (Å²) in [5.41, 5.74) is 3.05. The van der Waals surface area contributed by atoms with E-state index >= 15 is 0 Å². The highest BCUT2D eigenvalue weighted by Crippen LogP contribution is 2.38. The van der Waals surface area contributed by atoms with Crippen molar-refractivity contribution in [2.75, 3.05) is 13.7 Å². The van der Waals surface area contributed by atoms with Gasteiger partial charge < -0.3 is 10.1 Å². The van der Waals surface area contributed by atoms with Crippen LogP contribution in [0.4, 0.5) is 0 Å². The van der Waals surface area contributed by atoms with E-state index in [1.807, 2.05) is 7.11 Å². The Balaban J connectivity index is 2.10. The molecule has 0 aliphatic heterocycles. The van der Waals surface area contributed by atoms with Gasteiger partial charge in [-0.3, -0.25) is 0 Å². The van der Waals surface area contributed by atoms with E-state index in [-0.39, 0.29) is 5.60 Å². The van der Waals surface area contributed by atoms with Crippen LogP contribution in [0, 0.1) is 5.92 Å². The van der Waals surface area contributed by atoms with Gasteiger partial charge in [-0.2, -0.15) is 0 Å². The van der Waals surface area contributed by atoms with E-state index in [0.717, 1.165) is 18.9 Å².